The number of allylic oxidation sites excluding steroid dienone is 1. The van der Waals surface area contributed by atoms with E-state index in [-0.39, 0.29) is 67.5 Å². The maximum atomic E-state index is 11.9. The topological polar surface area (TPSA) is 162 Å². The third kappa shape index (κ3) is 61.4. The average molecular weight is 1480 g/mol. The van der Waals surface area contributed by atoms with E-state index in [1.54, 1.807) is 0 Å². The monoisotopic (exact) mass is 1480 g/mol. The van der Waals surface area contributed by atoms with E-state index in [4.69, 9.17) is 56.8 Å². The summed E-state index contributed by atoms with van der Waals surface area (Å²) in [4.78, 5) is 35.5. The molecule has 4 fully saturated rings. The summed E-state index contributed by atoms with van der Waals surface area (Å²) in [5, 5.41) is 0. The number of esters is 3. The van der Waals surface area contributed by atoms with Gasteiger partial charge in [-0.15, -0.1) is 0 Å². The lowest BCUT2D eigenvalue weighted by atomic mass is 10.0. The van der Waals surface area contributed by atoms with Gasteiger partial charge in [0.1, 0.15) is 24.4 Å². The fraction of sp³-hybridized carbons (Fsp3) is 0.944. The predicted octanol–water partition coefficient (Wildman–Crippen LogP) is 25.1. The van der Waals surface area contributed by atoms with E-state index in [1.807, 2.05) is 0 Å². The highest BCUT2D eigenvalue weighted by molar-refractivity contribution is 5.70. The summed E-state index contributed by atoms with van der Waals surface area (Å²) >= 11 is 0. The van der Waals surface area contributed by atoms with Crippen LogP contribution in [0.25, 0.3) is 0 Å². The Balaban J connectivity index is 0.000000696. The number of rotatable bonds is 61. The van der Waals surface area contributed by atoms with Gasteiger partial charge in [-0.2, -0.15) is 0 Å². The first-order valence-electron chi connectivity index (χ1n) is 44.4. The minimum Gasteiger partial charge on any atom is -0.491 e. The van der Waals surface area contributed by atoms with Crippen LogP contribution in [-0.2, 0) is 71.2 Å². The number of hydrogen-bond acceptors (Lipinski definition) is 15. The molecule has 0 aromatic rings. The molecule has 0 aliphatic carbocycles. The zero-order valence-corrected chi connectivity index (χ0v) is 70.2. The first-order valence-corrected chi connectivity index (χ1v) is 44.4. The second-order valence-electron chi connectivity index (χ2n) is 32.3. The molecule has 0 aromatic heterocycles. The van der Waals surface area contributed by atoms with Gasteiger partial charge in [-0.1, -0.05) is 372 Å². The third-order valence-electron chi connectivity index (χ3n) is 20.0. The third-order valence-corrected chi connectivity index (χ3v) is 20.0. The normalized spacial score (nSPS) is 20.5. The largest absolute Gasteiger partial charge is 0.491 e. The van der Waals surface area contributed by atoms with Gasteiger partial charge in [-0.05, 0) is 25.7 Å². The number of carbonyl (C=O) groups excluding carboxylic acids is 3. The van der Waals surface area contributed by atoms with Crippen LogP contribution in [0.5, 0.6) is 0 Å². The quantitative estimate of drug-likeness (QED) is 0.0244. The maximum Gasteiger partial charge on any atom is 0.306 e. The van der Waals surface area contributed by atoms with Gasteiger partial charge in [0, 0.05) is 49.4 Å². The Morgan fingerprint density at radius 3 is 0.548 bits per heavy atom. The van der Waals surface area contributed by atoms with Gasteiger partial charge in [-0.3, -0.25) is 14.4 Å². The van der Waals surface area contributed by atoms with Gasteiger partial charge in [0.05, 0.1) is 58.6 Å². The molecule has 0 radical (unpaired) electrons. The number of hydrogen-bond donors (Lipinski definition) is 0. The molecule has 4 heterocycles. The molecule has 0 N–H and O–H groups in total. The smallest absolute Gasteiger partial charge is 0.306 e. The molecule has 4 saturated heterocycles. The molecule has 104 heavy (non-hydrogen) atoms. The molecular weight excluding hydrogens is 1310 g/mol. The molecular formula is C89H170O15. The number of carbonyl (C=O) groups is 3. The van der Waals surface area contributed by atoms with E-state index >= 15 is 0 Å². The van der Waals surface area contributed by atoms with Crippen LogP contribution in [0.3, 0.4) is 0 Å². The molecule has 0 bridgehead atoms. The van der Waals surface area contributed by atoms with Crippen molar-refractivity contribution in [3.05, 3.63) is 12.3 Å². The van der Waals surface area contributed by atoms with Crippen LogP contribution < -0.4 is 0 Å². The van der Waals surface area contributed by atoms with Crippen LogP contribution >= 0.6 is 0 Å². The minimum absolute atomic E-state index is 0.00819. The average Bonchev–Trinajstić information content (AvgIpc) is 0.949. The van der Waals surface area contributed by atoms with Gasteiger partial charge in [0.25, 0.3) is 0 Å². The fourth-order valence-electron chi connectivity index (χ4n) is 13.3. The summed E-state index contributed by atoms with van der Waals surface area (Å²) in [5.74, 6) is 1.91. The number of ether oxygens (including phenoxy) is 12. The van der Waals surface area contributed by atoms with E-state index < -0.39 is 0 Å². The Hall–Kier alpha value is -2.37. The lowest BCUT2D eigenvalue weighted by Gasteiger charge is -2.32. The molecule has 616 valence electrons. The highest BCUT2D eigenvalue weighted by atomic mass is 16.7. The van der Waals surface area contributed by atoms with Gasteiger partial charge in [0.2, 0.25) is 0 Å². The van der Waals surface area contributed by atoms with Crippen molar-refractivity contribution in [3.63, 3.8) is 0 Å². The van der Waals surface area contributed by atoms with Crippen molar-refractivity contribution < 1.29 is 71.2 Å². The summed E-state index contributed by atoms with van der Waals surface area (Å²) in [6, 6.07) is 0. The summed E-state index contributed by atoms with van der Waals surface area (Å²) in [5.41, 5.74) is 0. The first kappa shape index (κ1) is 99.6. The van der Waals surface area contributed by atoms with Crippen molar-refractivity contribution in [3.8, 4) is 0 Å². The minimum atomic E-state index is -0.241. The SMILES string of the molecule is C=C(CCCCCCCCCCCCCCCCC)OC1COC(C(C)C)OC1.CCCCCCCCCCCC(=O)OC1COC(C(C)C)OC1.CCCCCCCCCCCCCC(=O)OC1COC(C(C)C)OC1.CCCCCCCCCCCCCCCC(=O)OC1COC(C(C)C)OC1. The number of unbranched alkanes of at least 4 members (excludes halogenated alkanes) is 44. The molecule has 4 aliphatic heterocycles. The lowest BCUT2D eigenvalue weighted by Crippen LogP contribution is -2.40. The van der Waals surface area contributed by atoms with E-state index in [0.29, 0.717) is 95.8 Å². The molecule has 0 spiro atoms. The Morgan fingerprint density at radius 1 is 0.240 bits per heavy atom. The zero-order valence-electron chi connectivity index (χ0n) is 70.2. The van der Waals surface area contributed by atoms with Crippen LogP contribution in [0.1, 0.15) is 417 Å². The van der Waals surface area contributed by atoms with Crippen LogP contribution in [0.4, 0.5) is 0 Å². The fourth-order valence-corrected chi connectivity index (χ4v) is 13.3. The van der Waals surface area contributed by atoms with Crippen molar-refractivity contribution in [1.82, 2.24) is 0 Å². The second kappa shape index (κ2) is 72.2. The predicted molar refractivity (Wildman–Crippen MR) is 429 cm³/mol. The molecule has 4 rings (SSSR count). The van der Waals surface area contributed by atoms with E-state index in [0.717, 1.165) is 50.7 Å². The lowest BCUT2D eigenvalue weighted by molar-refractivity contribution is -0.239. The second-order valence-corrected chi connectivity index (χ2v) is 32.3. The molecule has 15 nitrogen and oxygen atoms in total. The molecule has 0 saturated carbocycles. The Morgan fingerprint density at radius 2 is 0.385 bits per heavy atom. The molecule has 0 amide bonds. The molecule has 15 heteroatoms. The summed E-state index contributed by atoms with van der Waals surface area (Å²) in [6.45, 7) is 33.6. The van der Waals surface area contributed by atoms with Crippen LogP contribution in [0, 0.1) is 23.7 Å². The van der Waals surface area contributed by atoms with Gasteiger partial charge >= 0.3 is 17.9 Å². The van der Waals surface area contributed by atoms with Crippen molar-refractivity contribution in [1.29, 1.82) is 0 Å². The molecule has 0 unspecified atom stereocenters. The van der Waals surface area contributed by atoms with Gasteiger partial charge in [0.15, 0.2) is 25.2 Å². The Labute approximate surface area is 641 Å². The Bertz CT molecular complexity index is 1870. The summed E-state index contributed by atoms with van der Waals surface area (Å²) < 4.78 is 66.9. The summed E-state index contributed by atoms with van der Waals surface area (Å²) in [7, 11) is 0. The van der Waals surface area contributed by atoms with E-state index in [1.165, 1.54) is 270 Å². The van der Waals surface area contributed by atoms with Crippen LogP contribution in [0.15, 0.2) is 12.3 Å². The molecule has 0 aromatic carbocycles. The van der Waals surface area contributed by atoms with Crippen LogP contribution in [0.2, 0.25) is 0 Å². The van der Waals surface area contributed by atoms with E-state index in [9.17, 15) is 14.4 Å². The van der Waals surface area contributed by atoms with Gasteiger partial charge in [-0.25, -0.2) is 0 Å². The highest BCUT2D eigenvalue weighted by Gasteiger charge is 2.30. The molecule has 4 aliphatic rings. The van der Waals surface area contributed by atoms with Crippen molar-refractivity contribution in [2.24, 2.45) is 23.7 Å². The van der Waals surface area contributed by atoms with Crippen molar-refractivity contribution in [2.75, 3.05) is 52.9 Å². The van der Waals surface area contributed by atoms with Gasteiger partial charge < -0.3 is 56.8 Å². The standard InChI is InChI=1S/C26H50O3.C23H44O4.C21H40O4.C19H36O4/c1-5-6-7-8-9-10-11-12-13-14-15-16-17-18-19-20-24(4)29-25-21-27-26(23(2)3)28-22-25;1-4-5-6-7-8-9-10-11-12-13-14-15-16-17-22(24)27-21-18-25-23(20(2)3)26-19-21;1-4-5-6-7-8-9-10-11-12-13-14-15-20(22)25-19-16-23-21(18(2)3)24-17-19;1-4-5-6-7-8-9-10-11-12-13-18(20)23-17-14-21-19(16(2)3)22-15-17/h23,25-26H,4-22H2,1-3H3;20-21,23H,4-19H2,1-3H3;18-19,21H,4-17H2,1-3H3;16-17,19H,4-15H2,1-3H3. The first-order chi connectivity index (χ1) is 50.5. The summed E-state index contributed by atoms with van der Waals surface area (Å²) in [6.07, 6.45) is 64.6. The zero-order chi connectivity index (χ0) is 76.1. The van der Waals surface area contributed by atoms with E-state index in [2.05, 4.69) is 89.7 Å². The van der Waals surface area contributed by atoms with Crippen molar-refractivity contribution >= 4 is 17.9 Å². The highest BCUT2D eigenvalue weighted by Crippen LogP contribution is 2.24. The maximum absolute atomic E-state index is 11.9. The van der Waals surface area contributed by atoms with Crippen molar-refractivity contribution in [2.45, 2.75) is 467 Å². The molecule has 0 atom stereocenters. The Kier molecular flexibility index (Phi) is 69.2. The van der Waals surface area contributed by atoms with Crippen LogP contribution in [-0.4, -0.2) is 120 Å².